The lowest BCUT2D eigenvalue weighted by atomic mass is 10.3. The van der Waals surface area contributed by atoms with Crippen LogP contribution < -0.4 is 5.32 Å². The van der Waals surface area contributed by atoms with Gasteiger partial charge in [-0.3, -0.25) is 19.6 Å². The van der Waals surface area contributed by atoms with Crippen molar-refractivity contribution in [3.05, 3.63) is 21.5 Å². The van der Waals surface area contributed by atoms with E-state index in [1.807, 2.05) is 0 Å². The Kier molecular flexibility index (Phi) is 4.45. The third-order valence-corrected chi connectivity index (χ3v) is 2.54. The second kappa shape index (κ2) is 5.62. The lowest BCUT2D eigenvalue weighted by Gasteiger charge is -2.04. The monoisotopic (exact) mass is 260 g/mol. The van der Waals surface area contributed by atoms with Crippen LogP contribution >= 0.6 is 11.6 Å². The number of aromatic nitrogens is 2. The molecule has 17 heavy (non-hydrogen) atoms. The molecule has 7 nitrogen and oxygen atoms in total. The van der Waals surface area contributed by atoms with Crippen LogP contribution in [0.2, 0.25) is 0 Å². The van der Waals surface area contributed by atoms with Crippen LogP contribution in [0.5, 0.6) is 0 Å². The number of hydrogen-bond donors (Lipinski definition) is 1. The minimum Gasteiger partial charge on any atom is -0.353 e. The molecule has 94 valence electrons. The van der Waals surface area contributed by atoms with Gasteiger partial charge < -0.3 is 5.32 Å². The second-order valence-corrected chi connectivity index (χ2v) is 3.75. The molecular weight excluding hydrogens is 248 g/mol. The molecule has 1 heterocycles. The van der Waals surface area contributed by atoms with Crippen molar-refractivity contribution in [3.8, 4) is 0 Å². The summed E-state index contributed by atoms with van der Waals surface area (Å²) in [6.07, 6.45) is 0. The number of carbonyl (C=O) groups excluding carboxylic acids is 1. The van der Waals surface area contributed by atoms with Gasteiger partial charge in [-0.25, -0.2) is 0 Å². The van der Waals surface area contributed by atoms with Gasteiger partial charge in [-0.2, -0.15) is 5.10 Å². The predicted octanol–water partition coefficient (Wildman–Crippen LogP) is 0.763. The molecule has 1 aromatic rings. The zero-order valence-electron chi connectivity index (χ0n) is 9.57. The summed E-state index contributed by atoms with van der Waals surface area (Å²) in [6, 6.07) is 0. The fourth-order valence-electron chi connectivity index (χ4n) is 1.52. The number of nitro groups is 1. The Morgan fingerprint density at radius 2 is 2.24 bits per heavy atom. The van der Waals surface area contributed by atoms with Crippen molar-refractivity contribution in [3.63, 3.8) is 0 Å². The number of amides is 1. The normalized spacial score (nSPS) is 10.3. The van der Waals surface area contributed by atoms with Crippen molar-refractivity contribution in [1.29, 1.82) is 0 Å². The summed E-state index contributed by atoms with van der Waals surface area (Å²) in [7, 11) is 0. The highest BCUT2D eigenvalue weighted by Gasteiger charge is 2.21. The first-order chi connectivity index (χ1) is 7.97. The fourth-order valence-corrected chi connectivity index (χ4v) is 1.61. The van der Waals surface area contributed by atoms with Gasteiger partial charge in [0.25, 0.3) is 0 Å². The van der Waals surface area contributed by atoms with Gasteiger partial charge >= 0.3 is 5.69 Å². The first-order valence-electron chi connectivity index (χ1n) is 4.98. The maximum Gasteiger partial charge on any atom is 0.312 e. The van der Waals surface area contributed by atoms with Crippen molar-refractivity contribution in [2.75, 3.05) is 12.4 Å². The molecule has 1 N–H and O–H groups in total. The summed E-state index contributed by atoms with van der Waals surface area (Å²) in [5.41, 5.74) is 0.873. The van der Waals surface area contributed by atoms with E-state index in [0.29, 0.717) is 24.5 Å². The van der Waals surface area contributed by atoms with Crippen LogP contribution in [0.4, 0.5) is 5.69 Å². The Labute approximate surface area is 103 Å². The minimum atomic E-state index is -0.453. The Bertz CT molecular complexity index is 444. The third kappa shape index (κ3) is 3.16. The van der Waals surface area contributed by atoms with E-state index in [1.165, 1.54) is 4.68 Å². The van der Waals surface area contributed by atoms with E-state index >= 15 is 0 Å². The zero-order chi connectivity index (χ0) is 13.0. The predicted molar refractivity (Wildman–Crippen MR) is 62.1 cm³/mol. The summed E-state index contributed by atoms with van der Waals surface area (Å²) < 4.78 is 1.50. The van der Waals surface area contributed by atoms with Gasteiger partial charge in [0.2, 0.25) is 5.91 Å². The fraction of sp³-hybridized carbons (Fsp3) is 0.556. The van der Waals surface area contributed by atoms with Crippen LogP contribution in [0, 0.1) is 24.0 Å². The number of halogens is 1. The lowest BCUT2D eigenvalue weighted by molar-refractivity contribution is -0.386. The van der Waals surface area contributed by atoms with Crippen LogP contribution in [0.25, 0.3) is 0 Å². The zero-order valence-corrected chi connectivity index (χ0v) is 10.3. The number of aryl methyl sites for hydroxylation is 1. The van der Waals surface area contributed by atoms with Crippen molar-refractivity contribution >= 4 is 23.2 Å². The van der Waals surface area contributed by atoms with E-state index in [0.717, 1.165) is 0 Å². The van der Waals surface area contributed by atoms with Gasteiger partial charge in [-0.15, -0.1) is 11.6 Å². The van der Waals surface area contributed by atoms with Crippen molar-refractivity contribution in [2.45, 2.75) is 20.4 Å². The van der Waals surface area contributed by atoms with E-state index in [2.05, 4.69) is 10.4 Å². The number of carbonyl (C=O) groups is 1. The molecule has 0 saturated heterocycles. The molecule has 0 aliphatic heterocycles. The molecule has 1 aromatic heterocycles. The van der Waals surface area contributed by atoms with E-state index in [9.17, 15) is 14.9 Å². The van der Waals surface area contributed by atoms with Crippen molar-refractivity contribution in [1.82, 2.24) is 15.1 Å². The van der Waals surface area contributed by atoms with Gasteiger partial charge in [-0.1, -0.05) is 0 Å². The molecule has 0 saturated carbocycles. The lowest BCUT2D eigenvalue weighted by Crippen LogP contribution is -2.28. The molecule has 8 heteroatoms. The molecule has 0 aliphatic rings. The Hall–Kier alpha value is -1.63. The SMILES string of the molecule is Cc1nn(CCNC(=O)CCl)c(C)c1[N+](=O)[O-]. The largest absolute Gasteiger partial charge is 0.353 e. The van der Waals surface area contributed by atoms with E-state index in [1.54, 1.807) is 13.8 Å². The van der Waals surface area contributed by atoms with Crippen LogP contribution in [-0.2, 0) is 11.3 Å². The quantitative estimate of drug-likeness (QED) is 0.481. The van der Waals surface area contributed by atoms with E-state index < -0.39 is 4.92 Å². The number of hydrogen-bond acceptors (Lipinski definition) is 4. The topological polar surface area (TPSA) is 90.1 Å². The molecule has 0 unspecified atom stereocenters. The molecule has 0 fully saturated rings. The smallest absolute Gasteiger partial charge is 0.312 e. The number of nitrogens with one attached hydrogen (secondary N) is 1. The second-order valence-electron chi connectivity index (χ2n) is 3.48. The van der Waals surface area contributed by atoms with Crippen LogP contribution in [-0.4, -0.2) is 33.0 Å². The van der Waals surface area contributed by atoms with E-state index in [-0.39, 0.29) is 17.5 Å². The van der Waals surface area contributed by atoms with Crippen molar-refractivity contribution in [2.24, 2.45) is 0 Å². The third-order valence-electron chi connectivity index (χ3n) is 2.29. The minimum absolute atomic E-state index is 0.0219. The summed E-state index contributed by atoms with van der Waals surface area (Å²) in [5, 5.41) is 17.4. The molecule has 1 rings (SSSR count). The first kappa shape index (κ1) is 13.4. The standard InChI is InChI=1S/C9H13ClN4O3/c1-6-9(14(16)17)7(2)13(12-6)4-3-11-8(15)5-10/h3-5H2,1-2H3,(H,11,15). The number of alkyl halides is 1. The molecule has 0 spiro atoms. The Morgan fingerprint density at radius 1 is 1.59 bits per heavy atom. The van der Waals surface area contributed by atoms with Crippen LogP contribution in [0.3, 0.4) is 0 Å². The van der Waals surface area contributed by atoms with Crippen molar-refractivity contribution < 1.29 is 9.72 Å². The molecule has 0 aromatic carbocycles. The Balaban J connectivity index is 2.70. The van der Waals surface area contributed by atoms with Crippen LogP contribution in [0.15, 0.2) is 0 Å². The molecule has 0 bridgehead atoms. The number of nitrogens with zero attached hydrogens (tertiary/aromatic N) is 3. The van der Waals surface area contributed by atoms with E-state index in [4.69, 9.17) is 11.6 Å². The van der Waals surface area contributed by atoms with Gasteiger partial charge in [0.15, 0.2) is 0 Å². The highest BCUT2D eigenvalue weighted by atomic mass is 35.5. The Morgan fingerprint density at radius 3 is 2.71 bits per heavy atom. The molecule has 0 aliphatic carbocycles. The van der Waals surface area contributed by atoms with Gasteiger partial charge in [0, 0.05) is 6.54 Å². The summed E-state index contributed by atoms with van der Waals surface area (Å²) in [6.45, 7) is 3.92. The maximum atomic E-state index is 10.9. The first-order valence-corrected chi connectivity index (χ1v) is 5.52. The van der Waals surface area contributed by atoms with Crippen LogP contribution in [0.1, 0.15) is 11.4 Å². The maximum absolute atomic E-state index is 10.9. The molecular formula is C9H13ClN4O3. The average molecular weight is 261 g/mol. The number of rotatable bonds is 5. The average Bonchev–Trinajstić information content (AvgIpc) is 2.53. The summed E-state index contributed by atoms with van der Waals surface area (Å²) in [5.74, 6) is -0.375. The molecule has 0 radical (unpaired) electrons. The summed E-state index contributed by atoms with van der Waals surface area (Å²) >= 11 is 5.31. The van der Waals surface area contributed by atoms with Gasteiger partial charge in [0.05, 0.1) is 11.5 Å². The molecule has 1 amide bonds. The van der Waals surface area contributed by atoms with Gasteiger partial charge in [-0.05, 0) is 13.8 Å². The van der Waals surface area contributed by atoms with Gasteiger partial charge in [0.1, 0.15) is 17.3 Å². The highest BCUT2D eigenvalue weighted by molar-refractivity contribution is 6.27. The summed E-state index contributed by atoms with van der Waals surface area (Å²) in [4.78, 5) is 21.2. The highest BCUT2D eigenvalue weighted by Crippen LogP contribution is 2.21. The molecule has 0 atom stereocenters.